The fourth-order valence-electron chi connectivity index (χ4n) is 1.65. The Balaban J connectivity index is 2.72. The lowest BCUT2D eigenvalue weighted by Gasteiger charge is -2.10. The second-order valence-corrected chi connectivity index (χ2v) is 3.77. The van der Waals surface area contributed by atoms with Gasteiger partial charge in [-0.25, -0.2) is 9.48 Å². The average Bonchev–Trinajstić information content (AvgIpc) is 2.71. The Labute approximate surface area is 92.7 Å². The zero-order chi connectivity index (χ0) is 11.7. The van der Waals surface area contributed by atoms with Crippen LogP contribution in [0.4, 0.5) is 0 Å². The summed E-state index contributed by atoms with van der Waals surface area (Å²) in [5.74, 6) is -0.947. The maximum atomic E-state index is 11.1. The van der Waals surface area contributed by atoms with E-state index in [-0.39, 0.29) is 11.6 Å². The smallest absolute Gasteiger partial charge is 0.337 e. The first kappa shape index (κ1) is 10.6. The van der Waals surface area contributed by atoms with Crippen LogP contribution in [0.25, 0.3) is 11.0 Å². The normalized spacial score (nSPS) is 12.9. The molecule has 16 heavy (non-hydrogen) atoms. The fourth-order valence-corrected chi connectivity index (χ4v) is 1.65. The molecule has 2 aromatic rings. The van der Waals surface area contributed by atoms with Crippen molar-refractivity contribution < 1.29 is 9.90 Å². The van der Waals surface area contributed by atoms with Crippen molar-refractivity contribution in [1.82, 2.24) is 15.0 Å². The van der Waals surface area contributed by atoms with Crippen LogP contribution in [0.5, 0.6) is 0 Å². The van der Waals surface area contributed by atoms with Gasteiger partial charge in [0.2, 0.25) is 0 Å². The highest BCUT2D eigenvalue weighted by Gasteiger charge is 2.16. The number of aromatic nitrogens is 3. The van der Waals surface area contributed by atoms with Gasteiger partial charge in [0.1, 0.15) is 11.0 Å². The molecule has 1 aromatic heterocycles. The lowest BCUT2D eigenvalue weighted by molar-refractivity contribution is 0.0698. The summed E-state index contributed by atoms with van der Waals surface area (Å²) in [5.41, 5.74) is 1.48. The molecule has 84 valence electrons. The average molecular weight is 219 g/mol. The molecule has 0 amide bonds. The summed E-state index contributed by atoms with van der Waals surface area (Å²) >= 11 is 0. The van der Waals surface area contributed by atoms with E-state index >= 15 is 0 Å². The highest BCUT2D eigenvalue weighted by atomic mass is 16.4. The lowest BCUT2D eigenvalue weighted by atomic mass is 10.1. The van der Waals surface area contributed by atoms with E-state index < -0.39 is 5.97 Å². The number of fused-ring (bicyclic) bond motifs is 1. The quantitative estimate of drug-likeness (QED) is 0.858. The summed E-state index contributed by atoms with van der Waals surface area (Å²) in [7, 11) is 0. The predicted octanol–water partition coefficient (Wildman–Crippen LogP) is 2.10. The summed E-state index contributed by atoms with van der Waals surface area (Å²) in [6.07, 6.45) is 0.881. The number of rotatable bonds is 3. The molecule has 0 fully saturated rings. The van der Waals surface area contributed by atoms with Crippen LogP contribution in [0.3, 0.4) is 0 Å². The van der Waals surface area contributed by atoms with E-state index in [0.717, 1.165) is 6.42 Å². The summed E-state index contributed by atoms with van der Waals surface area (Å²) in [6, 6.07) is 5.17. The van der Waals surface area contributed by atoms with Crippen LogP contribution in [0.15, 0.2) is 18.2 Å². The Bertz CT molecular complexity index is 533. The topological polar surface area (TPSA) is 68.0 Å². The molecule has 0 aliphatic carbocycles. The minimum absolute atomic E-state index is 0.144. The van der Waals surface area contributed by atoms with Gasteiger partial charge in [-0.05, 0) is 25.5 Å². The first-order valence-corrected chi connectivity index (χ1v) is 5.22. The van der Waals surface area contributed by atoms with E-state index in [1.165, 1.54) is 0 Å². The molecule has 5 heteroatoms. The van der Waals surface area contributed by atoms with Crippen LogP contribution >= 0.6 is 0 Å². The van der Waals surface area contributed by atoms with Crippen molar-refractivity contribution in [3.05, 3.63) is 23.8 Å². The maximum Gasteiger partial charge on any atom is 0.337 e. The van der Waals surface area contributed by atoms with Crippen molar-refractivity contribution in [3.63, 3.8) is 0 Å². The number of carbonyl (C=O) groups is 1. The standard InChI is InChI=1S/C11H13N3O2/c1-3-7(2)14-10-8(11(15)16)5-4-6-9(10)12-13-14/h4-7H,3H2,1-2H3,(H,15,16). The van der Waals surface area contributed by atoms with E-state index in [1.807, 2.05) is 13.8 Å². The molecule has 0 radical (unpaired) electrons. The van der Waals surface area contributed by atoms with Crippen molar-refractivity contribution in [2.75, 3.05) is 0 Å². The van der Waals surface area contributed by atoms with Crippen LogP contribution < -0.4 is 0 Å². The molecule has 1 N–H and O–H groups in total. The minimum Gasteiger partial charge on any atom is -0.478 e. The van der Waals surface area contributed by atoms with E-state index in [0.29, 0.717) is 11.0 Å². The molecule has 5 nitrogen and oxygen atoms in total. The van der Waals surface area contributed by atoms with Gasteiger partial charge in [-0.3, -0.25) is 0 Å². The third-order valence-electron chi connectivity index (χ3n) is 2.73. The molecule has 0 aliphatic rings. The molecule has 0 saturated carbocycles. The second-order valence-electron chi connectivity index (χ2n) is 3.77. The van der Waals surface area contributed by atoms with Crippen molar-refractivity contribution in [2.45, 2.75) is 26.3 Å². The zero-order valence-corrected chi connectivity index (χ0v) is 9.21. The molecule has 1 heterocycles. The van der Waals surface area contributed by atoms with Crippen molar-refractivity contribution in [1.29, 1.82) is 0 Å². The van der Waals surface area contributed by atoms with Crippen LogP contribution in [0.1, 0.15) is 36.7 Å². The van der Waals surface area contributed by atoms with Crippen molar-refractivity contribution in [3.8, 4) is 0 Å². The summed E-state index contributed by atoms with van der Waals surface area (Å²) in [4.78, 5) is 11.1. The molecule has 1 unspecified atom stereocenters. The first-order chi connectivity index (χ1) is 7.65. The molecule has 1 atom stereocenters. The molecular formula is C11H13N3O2. The van der Waals surface area contributed by atoms with Gasteiger partial charge in [0.05, 0.1) is 11.6 Å². The first-order valence-electron chi connectivity index (χ1n) is 5.22. The van der Waals surface area contributed by atoms with Gasteiger partial charge in [-0.15, -0.1) is 5.10 Å². The fraction of sp³-hybridized carbons (Fsp3) is 0.364. The summed E-state index contributed by atoms with van der Waals surface area (Å²) < 4.78 is 1.68. The molecule has 2 rings (SSSR count). The van der Waals surface area contributed by atoms with Crippen LogP contribution in [0, 0.1) is 0 Å². The Morgan fingerprint density at radius 1 is 1.56 bits per heavy atom. The maximum absolute atomic E-state index is 11.1. The Morgan fingerprint density at radius 2 is 2.31 bits per heavy atom. The second kappa shape index (κ2) is 3.92. The van der Waals surface area contributed by atoms with Crippen LogP contribution in [0.2, 0.25) is 0 Å². The Hall–Kier alpha value is -1.91. The Morgan fingerprint density at radius 3 is 2.94 bits per heavy atom. The summed E-state index contributed by atoms with van der Waals surface area (Å²) in [5, 5.41) is 17.1. The number of benzene rings is 1. The number of hydrogen-bond acceptors (Lipinski definition) is 3. The third-order valence-corrected chi connectivity index (χ3v) is 2.73. The number of aromatic carboxylic acids is 1. The molecule has 1 aromatic carbocycles. The van der Waals surface area contributed by atoms with Gasteiger partial charge in [-0.2, -0.15) is 0 Å². The zero-order valence-electron chi connectivity index (χ0n) is 9.21. The molecule has 0 bridgehead atoms. The molecule has 0 aliphatic heterocycles. The van der Waals surface area contributed by atoms with Gasteiger partial charge in [-0.1, -0.05) is 18.2 Å². The number of para-hydroxylation sites is 1. The van der Waals surface area contributed by atoms with E-state index in [2.05, 4.69) is 10.3 Å². The minimum atomic E-state index is -0.947. The van der Waals surface area contributed by atoms with E-state index in [4.69, 9.17) is 5.11 Å². The van der Waals surface area contributed by atoms with Crippen LogP contribution in [-0.4, -0.2) is 26.1 Å². The van der Waals surface area contributed by atoms with E-state index in [1.54, 1.807) is 22.9 Å². The van der Waals surface area contributed by atoms with Crippen molar-refractivity contribution >= 4 is 17.0 Å². The molecular weight excluding hydrogens is 206 g/mol. The molecule has 0 saturated heterocycles. The van der Waals surface area contributed by atoms with Gasteiger partial charge < -0.3 is 5.11 Å². The highest BCUT2D eigenvalue weighted by molar-refractivity contribution is 6.00. The van der Waals surface area contributed by atoms with Crippen LogP contribution in [-0.2, 0) is 0 Å². The third kappa shape index (κ3) is 1.54. The lowest BCUT2D eigenvalue weighted by Crippen LogP contribution is -2.09. The number of carboxylic acids is 1. The number of nitrogens with zero attached hydrogens (tertiary/aromatic N) is 3. The summed E-state index contributed by atoms with van der Waals surface area (Å²) in [6.45, 7) is 4.02. The Kier molecular flexibility index (Phi) is 2.60. The predicted molar refractivity (Wildman–Crippen MR) is 59.5 cm³/mol. The van der Waals surface area contributed by atoms with Gasteiger partial charge in [0.25, 0.3) is 0 Å². The van der Waals surface area contributed by atoms with Gasteiger partial charge in [0, 0.05) is 0 Å². The van der Waals surface area contributed by atoms with Gasteiger partial charge in [0.15, 0.2) is 0 Å². The van der Waals surface area contributed by atoms with Crippen molar-refractivity contribution in [2.24, 2.45) is 0 Å². The SMILES string of the molecule is CCC(C)n1nnc2cccc(C(=O)O)c21. The van der Waals surface area contributed by atoms with E-state index in [9.17, 15) is 4.79 Å². The molecule has 0 spiro atoms. The largest absolute Gasteiger partial charge is 0.478 e. The van der Waals surface area contributed by atoms with Gasteiger partial charge >= 0.3 is 5.97 Å². The monoisotopic (exact) mass is 219 g/mol. The highest BCUT2D eigenvalue weighted by Crippen LogP contribution is 2.21. The number of hydrogen-bond donors (Lipinski definition) is 1. The number of carboxylic acid groups (broad SMARTS) is 1.